The summed E-state index contributed by atoms with van der Waals surface area (Å²) in [5, 5.41) is 10.2. The van der Waals surface area contributed by atoms with Crippen LogP contribution in [0.3, 0.4) is 0 Å². The molecular formula is C17H21NO. The third kappa shape index (κ3) is 3.66. The predicted octanol–water partition coefficient (Wildman–Crippen LogP) is 3.41. The van der Waals surface area contributed by atoms with Crippen LogP contribution in [0.5, 0.6) is 0 Å². The quantitative estimate of drug-likeness (QED) is 0.885. The molecule has 0 amide bonds. The largest absolute Gasteiger partial charge is 0.387 e. The van der Waals surface area contributed by atoms with Crippen LogP contribution in [0.2, 0.25) is 0 Å². The molecule has 0 saturated carbocycles. The summed E-state index contributed by atoms with van der Waals surface area (Å²) in [7, 11) is 2.05. The molecular weight excluding hydrogens is 234 g/mol. The molecule has 0 heterocycles. The molecule has 1 N–H and O–H groups in total. The number of likely N-dealkylation sites (N-methyl/N-ethyl adjacent to an activating group) is 1. The fourth-order valence-electron chi connectivity index (χ4n) is 2.20. The Balaban J connectivity index is 1.99. The lowest BCUT2D eigenvalue weighted by Crippen LogP contribution is -2.27. The summed E-state index contributed by atoms with van der Waals surface area (Å²) in [6, 6.07) is 20.5. The molecule has 0 aliphatic carbocycles. The highest BCUT2D eigenvalue weighted by molar-refractivity contribution is 5.20. The van der Waals surface area contributed by atoms with E-state index in [4.69, 9.17) is 0 Å². The normalized spacial score (nSPS) is 14.3. The molecule has 2 aromatic rings. The van der Waals surface area contributed by atoms with Gasteiger partial charge in [0.15, 0.2) is 0 Å². The second-order valence-corrected chi connectivity index (χ2v) is 4.95. The molecule has 0 fully saturated rings. The topological polar surface area (TPSA) is 23.5 Å². The van der Waals surface area contributed by atoms with Crippen molar-refractivity contribution in [2.24, 2.45) is 0 Å². The molecule has 0 aliphatic rings. The average molecular weight is 255 g/mol. The van der Waals surface area contributed by atoms with E-state index in [9.17, 15) is 5.11 Å². The van der Waals surface area contributed by atoms with Gasteiger partial charge in [0.05, 0.1) is 6.10 Å². The van der Waals surface area contributed by atoms with Crippen molar-refractivity contribution in [3.05, 3.63) is 71.8 Å². The molecule has 2 aromatic carbocycles. The number of nitrogens with zero attached hydrogens (tertiary/aromatic N) is 1. The van der Waals surface area contributed by atoms with Crippen LogP contribution in [0.25, 0.3) is 0 Å². The lowest BCUT2D eigenvalue weighted by atomic mass is 10.1. The van der Waals surface area contributed by atoms with Crippen molar-refractivity contribution in [1.82, 2.24) is 4.90 Å². The van der Waals surface area contributed by atoms with E-state index in [1.165, 1.54) is 5.56 Å². The molecule has 2 atom stereocenters. The van der Waals surface area contributed by atoms with Crippen LogP contribution < -0.4 is 0 Å². The molecule has 100 valence electrons. The van der Waals surface area contributed by atoms with E-state index in [1.807, 2.05) is 55.6 Å². The highest BCUT2D eigenvalue weighted by atomic mass is 16.3. The van der Waals surface area contributed by atoms with Gasteiger partial charge in [-0.1, -0.05) is 60.7 Å². The Kier molecular flexibility index (Phi) is 4.72. The fraction of sp³-hybridized carbons (Fsp3) is 0.294. The summed E-state index contributed by atoms with van der Waals surface area (Å²) in [6.45, 7) is 2.78. The van der Waals surface area contributed by atoms with Crippen molar-refractivity contribution in [3.63, 3.8) is 0 Å². The second kappa shape index (κ2) is 6.50. The van der Waals surface area contributed by atoms with Crippen molar-refractivity contribution >= 4 is 0 Å². The minimum absolute atomic E-state index is 0.291. The van der Waals surface area contributed by atoms with Crippen LogP contribution in [0, 0.1) is 0 Å². The maximum Gasteiger partial charge on any atom is 0.0917 e. The summed E-state index contributed by atoms with van der Waals surface area (Å²) >= 11 is 0. The third-order valence-electron chi connectivity index (χ3n) is 3.59. The Morgan fingerprint density at radius 2 is 1.37 bits per heavy atom. The van der Waals surface area contributed by atoms with Gasteiger partial charge in [-0.2, -0.15) is 0 Å². The Hall–Kier alpha value is -1.64. The van der Waals surface area contributed by atoms with Crippen LogP contribution in [0.4, 0.5) is 0 Å². The number of benzene rings is 2. The van der Waals surface area contributed by atoms with E-state index in [-0.39, 0.29) is 0 Å². The smallest absolute Gasteiger partial charge is 0.0917 e. The SMILES string of the molecule is CC(c1ccccc1)N(C)CC(O)c1ccccc1. The number of hydrogen-bond donors (Lipinski definition) is 1. The maximum atomic E-state index is 10.2. The lowest BCUT2D eigenvalue weighted by Gasteiger charge is -2.27. The predicted molar refractivity (Wildman–Crippen MR) is 78.9 cm³/mol. The molecule has 0 aromatic heterocycles. The molecule has 2 rings (SSSR count). The van der Waals surface area contributed by atoms with E-state index < -0.39 is 6.10 Å². The van der Waals surface area contributed by atoms with Crippen LogP contribution in [-0.4, -0.2) is 23.6 Å². The molecule has 0 bridgehead atoms. The van der Waals surface area contributed by atoms with E-state index >= 15 is 0 Å². The van der Waals surface area contributed by atoms with Crippen molar-refractivity contribution in [2.45, 2.75) is 19.1 Å². The molecule has 0 saturated heterocycles. The zero-order valence-corrected chi connectivity index (χ0v) is 11.5. The van der Waals surface area contributed by atoms with Crippen LogP contribution in [0.1, 0.15) is 30.2 Å². The van der Waals surface area contributed by atoms with Gasteiger partial charge in [-0.25, -0.2) is 0 Å². The number of hydrogen-bond acceptors (Lipinski definition) is 2. The Labute approximate surface area is 115 Å². The van der Waals surface area contributed by atoms with E-state index in [1.54, 1.807) is 0 Å². The minimum Gasteiger partial charge on any atom is -0.387 e. The Morgan fingerprint density at radius 3 is 1.89 bits per heavy atom. The second-order valence-electron chi connectivity index (χ2n) is 4.95. The van der Waals surface area contributed by atoms with Gasteiger partial charge in [-0.3, -0.25) is 4.90 Å². The average Bonchev–Trinajstić information content (AvgIpc) is 2.48. The molecule has 0 aliphatic heterocycles. The maximum absolute atomic E-state index is 10.2. The first-order valence-electron chi connectivity index (χ1n) is 6.66. The molecule has 0 spiro atoms. The highest BCUT2D eigenvalue weighted by Crippen LogP contribution is 2.21. The van der Waals surface area contributed by atoms with Gasteiger partial charge >= 0.3 is 0 Å². The van der Waals surface area contributed by atoms with Gasteiger partial charge in [0.25, 0.3) is 0 Å². The third-order valence-corrected chi connectivity index (χ3v) is 3.59. The number of aliphatic hydroxyl groups excluding tert-OH is 1. The van der Waals surface area contributed by atoms with E-state index in [0.717, 1.165) is 5.56 Å². The first-order chi connectivity index (χ1) is 9.18. The number of rotatable bonds is 5. The van der Waals surface area contributed by atoms with Crippen LogP contribution in [-0.2, 0) is 0 Å². The van der Waals surface area contributed by atoms with Gasteiger partial charge in [0.1, 0.15) is 0 Å². The summed E-state index contributed by atoms with van der Waals surface area (Å²) < 4.78 is 0. The van der Waals surface area contributed by atoms with Crippen molar-refractivity contribution < 1.29 is 5.11 Å². The van der Waals surface area contributed by atoms with Gasteiger partial charge in [-0.05, 0) is 25.1 Å². The molecule has 0 radical (unpaired) electrons. The summed E-state index contributed by atoms with van der Waals surface area (Å²) in [5.74, 6) is 0. The van der Waals surface area contributed by atoms with E-state index in [2.05, 4.69) is 24.0 Å². The van der Waals surface area contributed by atoms with E-state index in [0.29, 0.717) is 12.6 Å². The zero-order valence-electron chi connectivity index (χ0n) is 11.5. The van der Waals surface area contributed by atoms with Gasteiger partial charge in [0, 0.05) is 12.6 Å². The minimum atomic E-state index is -0.447. The van der Waals surface area contributed by atoms with Crippen LogP contribution >= 0.6 is 0 Å². The highest BCUT2D eigenvalue weighted by Gasteiger charge is 2.16. The summed E-state index contributed by atoms with van der Waals surface area (Å²) in [4.78, 5) is 2.17. The molecule has 2 unspecified atom stereocenters. The molecule has 2 nitrogen and oxygen atoms in total. The fourth-order valence-corrected chi connectivity index (χ4v) is 2.20. The van der Waals surface area contributed by atoms with Gasteiger partial charge in [0.2, 0.25) is 0 Å². The Bertz CT molecular complexity index is 483. The standard InChI is InChI=1S/C17H21NO/c1-14(15-9-5-3-6-10-15)18(2)13-17(19)16-11-7-4-8-12-16/h3-12,14,17,19H,13H2,1-2H3. The van der Waals surface area contributed by atoms with Gasteiger partial charge < -0.3 is 5.11 Å². The zero-order chi connectivity index (χ0) is 13.7. The van der Waals surface area contributed by atoms with Crippen molar-refractivity contribution in [3.8, 4) is 0 Å². The summed E-state index contributed by atoms with van der Waals surface area (Å²) in [5.41, 5.74) is 2.24. The Morgan fingerprint density at radius 1 is 0.895 bits per heavy atom. The molecule has 2 heteroatoms. The monoisotopic (exact) mass is 255 g/mol. The lowest BCUT2D eigenvalue weighted by molar-refractivity contribution is 0.108. The first-order valence-corrected chi connectivity index (χ1v) is 6.66. The number of aliphatic hydroxyl groups is 1. The van der Waals surface area contributed by atoms with Crippen molar-refractivity contribution in [1.29, 1.82) is 0 Å². The van der Waals surface area contributed by atoms with Crippen LogP contribution in [0.15, 0.2) is 60.7 Å². The summed E-state index contributed by atoms with van der Waals surface area (Å²) in [6.07, 6.45) is -0.447. The van der Waals surface area contributed by atoms with Gasteiger partial charge in [-0.15, -0.1) is 0 Å². The first kappa shape index (κ1) is 13.8. The van der Waals surface area contributed by atoms with Crippen molar-refractivity contribution in [2.75, 3.05) is 13.6 Å². The molecule has 19 heavy (non-hydrogen) atoms.